The van der Waals surface area contributed by atoms with Crippen molar-refractivity contribution >= 4 is 5.91 Å². The molecule has 14 heavy (non-hydrogen) atoms. The molecular formula is C10H12N2O2. The highest BCUT2D eigenvalue weighted by Crippen LogP contribution is 2.18. The van der Waals surface area contributed by atoms with E-state index in [1.807, 2.05) is 30.3 Å². The third-order valence-corrected chi connectivity index (χ3v) is 2.23. The Morgan fingerprint density at radius 3 is 2.57 bits per heavy atom. The molecule has 1 aromatic rings. The SMILES string of the molecule is NC(=O)C1CN(Oc2ccccc2)C1. The minimum absolute atomic E-state index is 0.0567. The lowest BCUT2D eigenvalue weighted by molar-refractivity contribution is -0.158. The molecule has 74 valence electrons. The van der Waals surface area contributed by atoms with Gasteiger partial charge in [0.1, 0.15) is 5.75 Å². The molecule has 0 saturated carbocycles. The Morgan fingerprint density at radius 1 is 1.36 bits per heavy atom. The van der Waals surface area contributed by atoms with Crippen molar-refractivity contribution in [2.45, 2.75) is 0 Å². The fourth-order valence-electron chi connectivity index (χ4n) is 1.32. The zero-order valence-corrected chi connectivity index (χ0v) is 7.72. The fraction of sp³-hybridized carbons (Fsp3) is 0.300. The standard InChI is InChI=1S/C10H12N2O2/c11-10(13)8-6-12(7-8)14-9-4-2-1-3-5-9/h1-5,8H,6-7H2,(H2,11,13). The first-order valence-corrected chi connectivity index (χ1v) is 4.53. The maximum Gasteiger partial charge on any atom is 0.223 e. The molecule has 0 unspecified atom stereocenters. The number of amides is 1. The highest BCUT2D eigenvalue weighted by molar-refractivity contribution is 5.77. The maximum absolute atomic E-state index is 10.7. The number of hydrogen-bond donors (Lipinski definition) is 1. The smallest absolute Gasteiger partial charge is 0.223 e. The molecule has 1 heterocycles. The molecule has 0 aliphatic carbocycles. The largest absolute Gasteiger partial charge is 0.406 e. The molecule has 0 atom stereocenters. The summed E-state index contributed by atoms with van der Waals surface area (Å²) in [5.41, 5.74) is 5.13. The summed E-state index contributed by atoms with van der Waals surface area (Å²) < 4.78 is 0. The average Bonchev–Trinajstić information content (AvgIpc) is 2.12. The summed E-state index contributed by atoms with van der Waals surface area (Å²) in [7, 11) is 0. The molecule has 1 aliphatic rings. The molecule has 1 aromatic carbocycles. The van der Waals surface area contributed by atoms with Crippen LogP contribution in [0, 0.1) is 5.92 Å². The van der Waals surface area contributed by atoms with Crippen molar-refractivity contribution in [2.75, 3.05) is 13.1 Å². The van der Waals surface area contributed by atoms with Gasteiger partial charge in [-0.2, -0.15) is 0 Å². The quantitative estimate of drug-likeness (QED) is 0.754. The lowest BCUT2D eigenvalue weighted by Crippen LogP contribution is -2.53. The molecule has 0 bridgehead atoms. The third-order valence-electron chi connectivity index (χ3n) is 2.23. The molecule has 1 fully saturated rings. The number of carbonyl (C=O) groups excluding carboxylic acids is 1. The van der Waals surface area contributed by atoms with E-state index in [0.717, 1.165) is 5.75 Å². The second-order valence-electron chi connectivity index (χ2n) is 3.35. The van der Waals surface area contributed by atoms with E-state index in [-0.39, 0.29) is 11.8 Å². The number of hydroxylamine groups is 2. The molecule has 4 heteroatoms. The van der Waals surface area contributed by atoms with Gasteiger partial charge in [0, 0.05) is 13.1 Å². The summed E-state index contributed by atoms with van der Waals surface area (Å²) in [4.78, 5) is 16.2. The van der Waals surface area contributed by atoms with Crippen LogP contribution >= 0.6 is 0 Å². The van der Waals surface area contributed by atoms with Gasteiger partial charge < -0.3 is 10.6 Å². The van der Waals surface area contributed by atoms with Gasteiger partial charge >= 0.3 is 0 Å². The summed E-state index contributed by atoms with van der Waals surface area (Å²) in [5.74, 6) is 0.479. The van der Waals surface area contributed by atoms with E-state index in [0.29, 0.717) is 13.1 Å². The summed E-state index contributed by atoms with van der Waals surface area (Å²) >= 11 is 0. The molecule has 2 rings (SSSR count). The third kappa shape index (κ3) is 1.85. The van der Waals surface area contributed by atoms with E-state index in [1.54, 1.807) is 5.06 Å². The van der Waals surface area contributed by atoms with E-state index >= 15 is 0 Å². The van der Waals surface area contributed by atoms with E-state index in [4.69, 9.17) is 10.6 Å². The number of primary amides is 1. The number of nitrogens with two attached hydrogens (primary N) is 1. The average molecular weight is 192 g/mol. The monoisotopic (exact) mass is 192 g/mol. The van der Waals surface area contributed by atoms with Crippen molar-refractivity contribution in [3.63, 3.8) is 0 Å². The van der Waals surface area contributed by atoms with Gasteiger partial charge in [0.25, 0.3) is 0 Å². The van der Waals surface area contributed by atoms with Gasteiger partial charge in [0.05, 0.1) is 5.92 Å². The molecule has 0 spiro atoms. The first-order valence-electron chi connectivity index (χ1n) is 4.53. The van der Waals surface area contributed by atoms with Gasteiger partial charge in [-0.25, -0.2) is 0 Å². The predicted molar refractivity (Wildman–Crippen MR) is 51.3 cm³/mol. The Labute approximate surface area is 82.2 Å². The molecule has 1 amide bonds. The van der Waals surface area contributed by atoms with E-state index < -0.39 is 0 Å². The van der Waals surface area contributed by atoms with Crippen LogP contribution in [0.15, 0.2) is 30.3 Å². The van der Waals surface area contributed by atoms with Crippen LogP contribution in [0.5, 0.6) is 5.75 Å². The van der Waals surface area contributed by atoms with Gasteiger partial charge in [-0.15, -0.1) is 5.06 Å². The first-order chi connectivity index (χ1) is 6.75. The molecular weight excluding hydrogens is 180 g/mol. The second kappa shape index (κ2) is 3.67. The normalized spacial score (nSPS) is 17.4. The highest BCUT2D eigenvalue weighted by atomic mass is 16.7. The summed E-state index contributed by atoms with van der Waals surface area (Å²) in [6.07, 6.45) is 0. The fourth-order valence-corrected chi connectivity index (χ4v) is 1.32. The van der Waals surface area contributed by atoms with E-state index in [9.17, 15) is 4.79 Å². The summed E-state index contributed by atoms with van der Waals surface area (Å²) in [6.45, 7) is 1.18. The summed E-state index contributed by atoms with van der Waals surface area (Å²) in [5, 5.41) is 1.73. The highest BCUT2D eigenvalue weighted by Gasteiger charge is 2.32. The van der Waals surface area contributed by atoms with Crippen molar-refractivity contribution in [3.8, 4) is 5.75 Å². The van der Waals surface area contributed by atoms with Crippen molar-refractivity contribution in [2.24, 2.45) is 11.7 Å². The number of nitrogens with zero attached hydrogens (tertiary/aromatic N) is 1. The van der Waals surface area contributed by atoms with E-state index in [1.165, 1.54) is 0 Å². The van der Waals surface area contributed by atoms with Gasteiger partial charge in [-0.3, -0.25) is 4.79 Å². The first kappa shape index (κ1) is 9.02. The Bertz CT molecular complexity index is 320. The predicted octanol–water partition coefficient (Wildman–Crippen LogP) is 0.397. The van der Waals surface area contributed by atoms with Crippen LogP contribution in [-0.4, -0.2) is 24.1 Å². The number of para-hydroxylation sites is 1. The van der Waals surface area contributed by atoms with Crippen LogP contribution in [0.3, 0.4) is 0 Å². The topological polar surface area (TPSA) is 55.6 Å². The van der Waals surface area contributed by atoms with Crippen LogP contribution in [0.4, 0.5) is 0 Å². The Kier molecular flexibility index (Phi) is 2.37. The van der Waals surface area contributed by atoms with Crippen LogP contribution in [0.25, 0.3) is 0 Å². The number of rotatable bonds is 3. The van der Waals surface area contributed by atoms with Gasteiger partial charge in [0.15, 0.2) is 0 Å². The van der Waals surface area contributed by atoms with Crippen molar-refractivity contribution in [1.82, 2.24) is 5.06 Å². The minimum atomic E-state index is -0.252. The van der Waals surface area contributed by atoms with Crippen molar-refractivity contribution in [3.05, 3.63) is 30.3 Å². The molecule has 0 radical (unpaired) electrons. The number of carbonyl (C=O) groups is 1. The van der Waals surface area contributed by atoms with Crippen LogP contribution in [-0.2, 0) is 4.79 Å². The molecule has 0 aromatic heterocycles. The minimum Gasteiger partial charge on any atom is -0.406 e. The lowest BCUT2D eigenvalue weighted by Gasteiger charge is -2.35. The van der Waals surface area contributed by atoms with Gasteiger partial charge in [-0.05, 0) is 12.1 Å². The molecule has 1 aliphatic heterocycles. The van der Waals surface area contributed by atoms with Gasteiger partial charge in [0.2, 0.25) is 5.91 Å². The summed E-state index contributed by atoms with van der Waals surface area (Å²) in [6, 6.07) is 9.48. The lowest BCUT2D eigenvalue weighted by atomic mass is 10.0. The van der Waals surface area contributed by atoms with E-state index in [2.05, 4.69) is 0 Å². The molecule has 1 saturated heterocycles. The zero-order valence-electron chi connectivity index (χ0n) is 7.72. The molecule has 2 N–H and O–H groups in total. The second-order valence-corrected chi connectivity index (χ2v) is 3.35. The van der Waals surface area contributed by atoms with Crippen LogP contribution < -0.4 is 10.6 Å². The molecule has 4 nitrogen and oxygen atoms in total. The zero-order chi connectivity index (χ0) is 9.97. The Morgan fingerprint density at radius 2 is 2.00 bits per heavy atom. The maximum atomic E-state index is 10.7. The Balaban J connectivity index is 1.82. The van der Waals surface area contributed by atoms with Crippen molar-refractivity contribution in [1.29, 1.82) is 0 Å². The van der Waals surface area contributed by atoms with Gasteiger partial charge in [-0.1, -0.05) is 18.2 Å². The Hall–Kier alpha value is -1.55. The van der Waals surface area contributed by atoms with Crippen molar-refractivity contribution < 1.29 is 9.63 Å². The number of benzene rings is 1. The van der Waals surface area contributed by atoms with Crippen LogP contribution in [0.1, 0.15) is 0 Å². The number of hydrogen-bond acceptors (Lipinski definition) is 3. The van der Waals surface area contributed by atoms with Crippen LogP contribution in [0.2, 0.25) is 0 Å².